The molecule has 2 rings (SSSR count). The van der Waals surface area contributed by atoms with Crippen molar-refractivity contribution in [1.29, 1.82) is 0 Å². The summed E-state index contributed by atoms with van der Waals surface area (Å²) in [4.78, 5) is 10.4. The second-order valence-electron chi connectivity index (χ2n) is 3.64. The molecule has 0 spiro atoms. The van der Waals surface area contributed by atoms with Gasteiger partial charge in [0.1, 0.15) is 6.61 Å². The molecule has 18 heavy (non-hydrogen) atoms. The zero-order valence-corrected chi connectivity index (χ0v) is 11.0. The second kappa shape index (κ2) is 5.64. The number of benzene rings is 2. The van der Waals surface area contributed by atoms with Crippen LogP contribution in [0.1, 0.15) is 5.56 Å². The molecule has 0 N–H and O–H groups in total. The lowest BCUT2D eigenvalue weighted by molar-refractivity contribution is -0.385. The second-order valence-corrected chi connectivity index (χ2v) is 4.56. The first kappa shape index (κ1) is 12.6. The van der Waals surface area contributed by atoms with Gasteiger partial charge in [-0.1, -0.05) is 40.2 Å². The number of para-hydroxylation sites is 2. The van der Waals surface area contributed by atoms with Crippen molar-refractivity contribution in [3.8, 4) is 5.75 Å². The van der Waals surface area contributed by atoms with Crippen LogP contribution in [0.25, 0.3) is 0 Å². The fourth-order valence-electron chi connectivity index (χ4n) is 1.52. The van der Waals surface area contributed by atoms with Gasteiger partial charge >= 0.3 is 5.69 Å². The van der Waals surface area contributed by atoms with E-state index >= 15 is 0 Å². The summed E-state index contributed by atoms with van der Waals surface area (Å²) in [5.41, 5.74) is 0.926. The van der Waals surface area contributed by atoms with Crippen molar-refractivity contribution in [3.63, 3.8) is 0 Å². The summed E-state index contributed by atoms with van der Waals surface area (Å²) in [6.45, 7) is 0.296. The highest BCUT2D eigenvalue weighted by Gasteiger charge is 2.13. The minimum atomic E-state index is -0.448. The molecular weight excluding hydrogens is 298 g/mol. The first-order valence-electron chi connectivity index (χ1n) is 5.27. The van der Waals surface area contributed by atoms with Crippen molar-refractivity contribution in [2.24, 2.45) is 0 Å². The molecule has 2 aromatic rings. The smallest absolute Gasteiger partial charge is 0.310 e. The van der Waals surface area contributed by atoms with Crippen LogP contribution in [-0.4, -0.2) is 4.92 Å². The number of hydrogen-bond donors (Lipinski definition) is 0. The van der Waals surface area contributed by atoms with Crippen LogP contribution in [-0.2, 0) is 6.61 Å². The molecule has 0 unspecified atom stereocenters. The van der Waals surface area contributed by atoms with E-state index in [2.05, 4.69) is 15.9 Å². The molecule has 0 aromatic heterocycles. The maximum atomic E-state index is 10.8. The van der Waals surface area contributed by atoms with Gasteiger partial charge in [-0.2, -0.15) is 0 Å². The highest BCUT2D eigenvalue weighted by Crippen LogP contribution is 2.26. The summed E-state index contributed by atoms with van der Waals surface area (Å²) in [6, 6.07) is 14.0. The number of rotatable bonds is 4. The van der Waals surface area contributed by atoms with Crippen LogP contribution in [0, 0.1) is 10.1 Å². The molecule has 0 fully saturated rings. The van der Waals surface area contributed by atoms with Gasteiger partial charge in [0, 0.05) is 10.5 Å². The summed E-state index contributed by atoms with van der Waals surface area (Å²) < 4.78 is 6.43. The van der Waals surface area contributed by atoms with Gasteiger partial charge in [0.25, 0.3) is 0 Å². The SMILES string of the molecule is O=[N+]([O-])c1ccccc1OCc1cccc(Br)c1. The fraction of sp³-hybridized carbons (Fsp3) is 0.0769. The monoisotopic (exact) mass is 307 g/mol. The van der Waals surface area contributed by atoms with E-state index in [-0.39, 0.29) is 11.4 Å². The largest absolute Gasteiger partial charge is 0.482 e. The molecule has 0 aliphatic rings. The lowest BCUT2D eigenvalue weighted by atomic mass is 10.2. The molecule has 4 nitrogen and oxygen atoms in total. The Hall–Kier alpha value is -1.88. The third-order valence-corrected chi connectivity index (χ3v) is 2.84. The van der Waals surface area contributed by atoms with Gasteiger partial charge in [-0.15, -0.1) is 0 Å². The summed E-state index contributed by atoms with van der Waals surface area (Å²) in [5, 5.41) is 10.8. The molecule has 0 heterocycles. The van der Waals surface area contributed by atoms with Gasteiger partial charge in [0.15, 0.2) is 5.75 Å². The lowest BCUT2D eigenvalue weighted by Gasteiger charge is -2.06. The number of halogens is 1. The van der Waals surface area contributed by atoms with Gasteiger partial charge in [-0.3, -0.25) is 10.1 Å². The van der Waals surface area contributed by atoms with Gasteiger partial charge in [-0.05, 0) is 23.8 Å². The minimum absolute atomic E-state index is 0.0208. The first-order valence-corrected chi connectivity index (χ1v) is 6.07. The molecular formula is C13H10BrNO3. The van der Waals surface area contributed by atoms with E-state index < -0.39 is 4.92 Å². The molecule has 0 saturated carbocycles. The number of ether oxygens (including phenoxy) is 1. The summed E-state index contributed by atoms with van der Waals surface area (Å²) in [7, 11) is 0. The third-order valence-electron chi connectivity index (χ3n) is 2.35. The summed E-state index contributed by atoms with van der Waals surface area (Å²) in [5.74, 6) is 0.280. The van der Waals surface area contributed by atoms with Crippen LogP contribution in [0.2, 0.25) is 0 Å². The Kier molecular flexibility index (Phi) is 3.94. The lowest BCUT2D eigenvalue weighted by Crippen LogP contribution is -1.98. The maximum Gasteiger partial charge on any atom is 0.310 e. The number of nitro groups is 1. The van der Waals surface area contributed by atoms with Crippen molar-refractivity contribution in [1.82, 2.24) is 0 Å². The highest BCUT2D eigenvalue weighted by atomic mass is 79.9. The van der Waals surface area contributed by atoms with Crippen LogP contribution >= 0.6 is 15.9 Å². The summed E-state index contributed by atoms with van der Waals surface area (Å²) in [6.07, 6.45) is 0. The maximum absolute atomic E-state index is 10.8. The predicted molar refractivity (Wildman–Crippen MR) is 71.6 cm³/mol. The van der Waals surface area contributed by atoms with E-state index in [1.54, 1.807) is 18.2 Å². The Morgan fingerprint density at radius 3 is 2.67 bits per heavy atom. The molecule has 0 saturated heterocycles. The van der Waals surface area contributed by atoms with Crippen LogP contribution in [0.3, 0.4) is 0 Å². The number of hydrogen-bond acceptors (Lipinski definition) is 3. The Morgan fingerprint density at radius 1 is 1.17 bits per heavy atom. The van der Waals surface area contributed by atoms with E-state index in [4.69, 9.17) is 4.74 Å². The van der Waals surface area contributed by atoms with Crippen LogP contribution < -0.4 is 4.74 Å². The van der Waals surface area contributed by atoms with E-state index in [0.29, 0.717) is 6.61 Å². The molecule has 92 valence electrons. The summed E-state index contributed by atoms with van der Waals surface area (Å²) >= 11 is 3.36. The van der Waals surface area contributed by atoms with E-state index in [1.165, 1.54) is 6.07 Å². The van der Waals surface area contributed by atoms with E-state index in [9.17, 15) is 10.1 Å². The van der Waals surface area contributed by atoms with Gasteiger partial charge in [-0.25, -0.2) is 0 Å². The fourth-order valence-corrected chi connectivity index (χ4v) is 1.96. The predicted octanol–water partition coefficient (Wildman–Crippen LogP) is 3.94. The molecule has 0 atom stereocenters. The van der Waals surface area contributed by atoms with Gasteiger partial charge in [0.05, 0.1) is 4.92 Å². The third kappa shape index (κ3) is 3.07. The van der Waals surface area contributed by atoms with E-state index in [0.717, 1.165) is 10.0 Å². The van der Waals surface area contributed by atoms with Crippen molar-refractivity contribution in [2.75, 3.05) is 0 Å². The van der Waals surface area contributed by atoms with Crippen LogP contribution in [0.15, 0.2) is 53.0 Å². The molecule has 2 aromatic carbocycles. The van der Waals surface area contributed by atoms with Gasteiger partial charge in [0.2, 0.25) is 0 Å². The Labute approximate surface area is 112 Å². The Morgan fingerprint density at radius 2 is 1.94 bits per heavy atom. The Bertz CT molecular complexity index is 572. The van der Waals surface area contributed by atoms with Crippen molar-refractivity contribution >= 4 is 21.6 Å². The normalized spacial score (nSPS) is 10.1. The quantitative estimate of drug-likeness (QED) is 0.635. The number of nitro benzene ring substituents is 1. The first-order chi connectivity index (χ1) is 8.66. The molecule has 0 radical (unpaired) electrons. The average molecular weight is 308 g/mol. The van der Waals surface area contributed by atoms with Gasteiger partial charge < -0.3 is 4.74 Å². The molecule has 5 heteroatoms. The zero-order valence-electron chi connectivity index (χ0n) is 9.38. The average Bonchev–Trinajstić information content (AvgIpc) is 2.37. The van der Waals surface area contributed by atoms with Crippen LogP contribution in [0.4, 0.5) is 5.69 Å². The van der Waals surface area contributed by atoms with Crippen molar-refractivity contribution < 1.29 is 9.66 Å². The van der Waals surface area contributed by atoms with Crippen LogP contribution in [0.5, 0.6) is 5.75 Å². The number of nitrogens with zero attached hydrogens (tertiary/aromatic N) is 1. The van der Waals surface area contributed by atoms with Crippen molar-refractivity contribution in [2.45, 2.75) is 6.61 Å². The highest BCUT2D eigenvalue weighted by molar-refractivity contribution is 9.10. The topological polar surface area (TPSA) is 52.4 Å². The molecule has 0 aliphatic carbocycles. The zero-order chi connectivity index (χ0) is 13.0. The minimum Gasteiger partial charge on any atom is -0.482 e. The molecule has 0 aliphatic heterocycles. The molecule has 0 amide bonds. The van der Waals surface area contributed by atoms with E-state index in [1.807, 2.05) is 24.3 Å². The van der Waals surface area contributed by atoms with Crippen molar-refractivity contribution in [3.05, 3.63) is 68.7 Å². The standard InChI is InChI=1S/C13H10BrNO3/c14-11-5-3-4-10(8-11)9-18-13-7-2-1-6-12(13)15(16)17/h1-8H,9H2. The Balaban J connectivity index is 2.13. The molecule has 0 bridgehead atoms.